The maximum atomic E-state index is 12.9. The summed E-state index contributed by atoms with van der Waals surface area (Å²) in [5.74, 6) is -0.958. The fourth-order valence-corrected chi connectivity index (χ4v) is 3.09. The molecule has 1 aliphatic heterocycles. The van der Waals surface area contributed by atoms with Crippen molar-refractivity contribution in [2.24, 2.45) is 0 Å². The highest BCUT2D eigenvalue weighted by atomic mass is 32.1. The van der Waals surface area contributed by atoms with Crippen molar-refractivity contribution in [3.05, 3.63) is 10.6 Å². The first-order chi connectivity index (χ1) is 9.43. The van der Waals surface area contributed by atoms with Crippen LogP contribution in [0.2, 0.25) is 0 Å². The van der Waals surface area contributed by atoms with Crippen molar-refractivity contribution >= 4 is 22.4 Å². The second-order valence-electron chi connectivity index (χ2n) is 4.44. The highest BCUT2D eigenvalue weighted by Crippen LogP contribution is 2.38. The van der Waals surface area contributed by atoms with E-state index in [2.05, 4.69) is 9.72 Å². The first-order valence-corrected chi connectivity index (χ1v) is 7.25. The molecule has 0 aliphatic carbocycles. The van der Waals surface area contributed by atoms with Gasteiger partial charge in [0.15, 0.2) is 10.8 Å². The number of rotatable bonds is 3. The van der Waals surface area contributed by atoms with Crippen LogP contribution in [0.15, 0.2) is 0 Å². The van der Waals surface area contributed by atoms with E-state index < -0.39 is 22.7 Å². The van der Waals surface area contributed by atoms with Crippen LogP contribution in [0.4, 0.5) is 18.3 Å². The van der Waals surface area contributed by atoms with E-state index in [1.165, 1.54) is 0 Å². The first-order valence-electron chi connectivity index (χ1n) is 6.43. The van der Waals surface area contributed by atoms with Crippen molar-refractivity contribution < 1.29 is 22.7 Å². The number of piperidine rings is 1. The summed E-state index contributed by atoms with van der Waals surface area (Å²) in [6.07, 6.45) is -1.73. The van der Waals surface area contributed by atoms with Crippen LogP contribution in [0, 0.1) is 0 Å². The summed E-state index contributed by atoms with van der Waals surface area (Å²) in [5, 5.41) is 0.250. The Balaban J connectivity index is 2.33. The lowest BCUT2D eigenvalue weighted by atomic mass is 10.1. The van der Waals surface area contributed by atoms with Crippen LogP contribution in [0.3, 0.4) is 0 Å². The molecule has 8 heteroatoms. The molecule has 0 unspecified atom stereocenters. The maximum absolute atomic E-state index is 12.9. The second kappa shape index (κ2) is 5.99. The molecule has 2 heterocycles. The number of aromatic nitrogens is 1. The van der Waals surface area contributed by atoms with Crippen LogP contribution in [-0.4, -0.2) is 30.6 Å². The third kappa shape index (κ3) is 3.23. The highest BCUT2D eigenvalue weighted by Gasteiger charge is 2.40. The Morgan fingerprint density at radius 1 is 1.35 bits per heavy atom. The van der Waals surface area contributed by atoms with Crippen molar-refractivity contribution in [1.82, 2.24) is 4.98 Å². The Hall–Kier alpha value is -1.31. The Labute approximate surface area is 118 Å². The summed E-state index contributed by atoms with van der Waals surface area (Å²) < 4.78 is 43.5. The van der Waals surface area contributed by atoms with Crippen molar-refractivity contribution in [3.8, 4) is 0 Å². The summed E-state index contributed by atoms with van der Waals surface area (Å²) in [4.78, 5) is 16.6. The molecule has 1 aliphatic rings. The fourth-order valence-electron chi connectivity index (χ4n) is 2.06. The fraction of sp³-hybridized carbons (Fsp3) is 0.667. The molecule has 0 N–H and O–H groups in total. The summed E-state index contributed by atoms with van der Waals surface area (Å²) in [6, 6.07) is 0. The summed E-state index contributed by atoms with van der Waals surface area (Å²) >= 11 is 0.761. The van der Waals surface area contributed by atoms with Gasteiger partial charge in [0.05, 0.1) is 6.61 Å². The smallest absolute Gasteiger partial charge is 0.435 e. The number of ether oxygens (including phenoxy) is 1. The van der Waals surface area contributed by atoms with Gasteiger partial charge in [-0.15, -0.1) is 0 Å². The van der Waals surface area contributed by atoms with Crippen molar-refractivity contribution in [2.75, 3.05) is 24.6 Å². The third-order valence-electron chi connectivity index (χ3n) is 2.97. The van der Waals surface area contributed by atoms with E-state index in [0.29, 0.717) is 13.1 Å². The highest BCUT2D eigenvalue weighted by molar-refractivity contribution is 7.17. The van der Waals surface area contributed by atoms with Crippen LogP contribution in [0.1, 0.15) is 41.6 Å². The molecule has 0 radical (unpaired) electrons. The minimum Gasteiger partial charge on any atom is -0.462 e. The summed E-state index contributed by atoms with van der Waals surface area (Å²) in [5.41, 5.74) is -1.14. The predicted molar refractivity (Wildman–Crippen MR) is 69.1 cm³/mol. The van der Waals surface area contributed by atoms with Gasteiger partial charge >= 0.3 is 12.1 Å². The van der Waals surface area contributed by atoms with Gasteiger partial charge in [-0.05, 0) is 26.2 Å². The van der Waals surface area contributed by atoms with Gasteiger partial charge in [0.2, 0.25) is 0 Å². The van der Waals surface area contributed by atoms with Crippen LogP contribution in [0.5, 0.6) is 0 Å². The van der Waals surface area contributed by atoms with Gasteiger partial charge in [0, 0.05) is 13.1 Å². The number of anilines is 1. The van der Waals surface area contributed by atoms with Gasteiger partial charge in [-0.3, -0.25) is 0 Å². The second-order valence-corrected chi connectivity index (χ2v) is 5.42. The van der Waals surface area contributed by atoms with Gasteiger partial charge in [-0.25, -0.2) is 9.78 Å². The number of nitrogens with zero attached hydrogens (tertiary/aromatic N) is 2. The van der Waals surface area contributed by atoms with E-state index in [0.717, 1.165) is 30.6 Å². The monoisotopic (exact) mass is 308 g/mol. The Kier molecular flexibility index (Phi) is 4.52. The van der Waals surface area contributed by atoms with Gasteiger partial charge in [0.1, 0.15) is 4.88 Å². The molecule has 0 bridgehead atoms. The lowest BCUT2D eigenvalue weighted by Gasteiger charge is -2.25. The average Bonchev–Trinajstić information content (AvgIpc) is 2.85. The topological polar surface area (TPSA) is 42.4 Å². The zero-order valence-corrected chi connectivity index (χ0v) is 11.8. The van der Waals surface area contributed by atoms with Gasteiger partial charge in [-0.2, -0.15) is 13.2 Å². The van der Waals surface area contributed by atoms with E-state index in [9.17, 15) is 18.0 Å². The van der Waals surface area contributed by atoms with Crippen molar-refractivity contribution in [1.29, 1.82) is 0 Å². The van der Waals surface area contributed by atoms with E-state index in [4.69, 9.17) is 0 Å². The van der Waals surface area contributed by atoms with Gasteiger partial charge in [0.25, 0.3) is 0 Å². The number of hydrogen-bond acceptors (Lipinski definition) is 5. The molecule has 1 aromatic rings. The number of halogens is 3. The third-order valence-corrected chi connectivity index (χ3v) is 4.07. The molecule has 0 spiro atoms. The van der Waals surface area contributed by atoms with E-state index in [-0.39, 0.29) is 11.7 Å². The molecule has 0 atom stereocenters. The van der Waals surface area contributed by atoms with Gasteiger partial charge < -0.3 is 9.64 Å². The van der Waals surface area contributed by atoms with Crippen LogP contribution >= 0.6 is 11.3 Å². The Bertz CT molecular complexity index is 482. The van der Waals surface area contributed by atoms with Crippen LogP contribution in [0.25, 0.3) is 0 Å². The number of alkyl halides is 3. The number of carbonyl (C=O) groups excluding carboxylic acids is 1. The van der Waals surface area contributed by atoms with E-state index >= 15 is 0 Å². The van der Waals surface area contributed by atoms with E-state index in [1.54, 1.807) is 11.8 Å². The number of hydrogen-bond donors (Lipinski definition) is 0. The molecule has 0 amide bonds. The lowest BCUT2D eigenvalue weighted by molar-refractivity contribution is -0.141. The van der Waals surface area contributed by atoms with Crippen LogP contribution < -0.4 is 4.90 Å². The van der Waals surface area contributed by atoms with Crippen LogP contribution in [-0.2, 0) is 10.9 Å². The zero-order chi connectivity index (χ0) is 14.8. The Morgan fingerprint density at radius 2 is 2.00 bits per heavy atom. The number of esters is 1. The summed E-state index contributed by atoms with van der Waals surface area (Å²) in [6.45, 7) is 2.94. The average molecular weight is 308 g/mol. The van der Waals surface area contributed by atoms with Crippen molar-refractivity contribution in [3.63, 3.8) is 0 Å². The summed E-state index contributed by atoms with van der Waals surface area (Å²) in [7, 11) is 0. The predicted octanol–water partition coefficient (Wildman–Crippen LogP) is 3.33. The molecule has 0 aromatic carbocycles. The molecule has 0 saturated carbocycles. The normalized spacial score (nSPS) is 16.3. The Morgan fingerprint density at radius 3 is 2.55 bits per heavy atom. The number of carbonyl (C=O) groups is 1. The standard InChI is InChI=1S/C12H15F3N2O2S/c1-2-19-10(18)8-9(12(13,14)15)16-11(20-8)17-6-4-3-5-7-17/h2-7H2,1H3. The quantitative estimate of drug-likeness (QED) is 0.803. The molecule has 2 rings (SSSR count). The van der Waals surface area contributed by atoms with E-state index in [1.807, 2.05) is 0 Å². The molecular formula is C12H15F3N2O2S. The SMILES string of the molecule is CCOC(=O)c1sc(N2CCCCC2)nc1C(F)(F)F. The molecular weight excluding hydrogens is 293 g/mol. The molecule has 1 saturated heterocycles. The molecule has 112 valence electrons. The molecule has 20 heavy (non-hydrogen) atoms. The number of thiazole rings is 1. The largest absolute Gasteiger partial charge is 0.462 e. The molecule has 4 nitrogen and oxygen atoms in total. The van der Waals surface area contributed by atoms with Crippen molar-refractivity contribution in [2.45, 2.75) is 32.4 Å². The zero-order valence-electron chi connectivity index (χ0n) is 11.0. The molecule has 1 aromatic heterocycles. The minimum absolute atomic E-state index is 0.0348. The minimum atomic E-state index is -4.65. The lowest BCUT2D eigenvalue weighted by Crippen LogP contribution is -2.29. The molecule has 1 fully saturated rings. The maximum Gasteiger partial charge on any atom is 0.435 e. The first kappa shape index (κ1) is 15.1. The van der Waals surface area contributed by atoms with Gasteiger partial charge in [-0.1, -0.05) is 11.3 Å².